The van der Waals surface area contributed by atoms with Gasteiger partial charge in [0.15, 0.2) is 0 Å². The monoisotopic (exact) mass is 400 g/mol. The van der Waals surface area contributed by atoms with Gasteiger partial charge in [-0.05, 0) is 59.3 Å². The second-order valence-electron chi connectivity index (χ2n) is 8.42. The average Bonchev–Trinajstić information content (AvgIpc) is 2.48. The van der Waals surface area contributed by atoms with Crippen molar-refractivity contribution in [1.29, 1.82) is 0 Å². The topological polar surface area (TPSA) is 105 Å². The predicted octanol–water partition coefficient (Wildman–Crippen LogP) is 3.06. The highest BCUT2D eigenvalue weighted by atomic mass is 32.2. The summed E-state index contributed by atoms with van der Waals surface area (Å²) in [6, 6.07) is 4.15. The molecule has 0 saturated carbocycles. The van der Waals surface area contributed by atoms with Crippen LogP contribution in [0.15, 0.2) is 23.1 Å². The first-order valence-corrected chi connectivity index (χ1v) is 10.4. The molecule has 27 heavy (non-hydrogen) atoms. The molecule has 0 aromatic heterocycles. The number of nitrogens with zero attached hydrogens (tertiary/aromatic N) is 2. The molecule has 0 bridgehead atoms. The van der Waals surface area contributed by atoms with Crippen LogP contribution in [0.25, 0.3) is 0 Å². The SMILES string of the molecule is CC(C)CC(CNc1ccc(S(=O)(=O)NC(C)(C)C)cc1[N+](=O)[O-])N(C)C. The van der Waals surface area contributed by atoms with Gasteiger partial charge in [0.25, 0.3) is 5.69 Å². The van der Waals surface area contributed by atoms with Gasteiger partial charge < -0.3 is 10.2 Å². The van der Waals surface area contributed by atoms with Crippen LogP contribution in [0.2, 0.25) is 0 Å². The summed E-state index contributed by atoms with van der Waals surface area (Å²) in [6.45, 7) is 9.92. The Morgan fingerprint density at radius 1 is 1.22 bits per heavy atom. The maximum Gasteiger partial charge on any atom is 0.293 e. The molecule has 9 heteroatoms. The molecular formula is C18H32N4O4S. The van der Waals surface area contributed by atoms with Crippen LogP contribution in [0.3, 0.4) is 0 Å². The van der Waals surface area contributed by atoms with Crippen LogP contribution < -0.4 is 10.0 Å². The molecule has 2 N–H and O–H groups in total. The number of hydrogen-bond donors (Lipinski definition) is 2. The fourth-order valence-electron chi connectivity index (χ4n) is 2.69. The van der Waals surface area contributed by atoms with Crippen molar-refractivity contribution in [3.8, 4) is 0 Å². The van der Waals surface area contributed by atoms with Gasteiger partial charge in [-0.15, -0.1) is 0 Å². The Morgan fingerprint density at radius 2 is 1.81 bits per heavy atom. The highest BCUT2D eigenvalue weighted by Crippen LogP contribution is 2.28. The van der Waals surface area contributed by atoms with Crippen LogP contribution in [-0.2, 0) is 10.0 Å². The van der Waals surface area contributed by atoms with E-state index >= 15 is 0 Å². The molecule has 0 radical (unpaired) electrons. The molecule has 0 aliphatic carbocycles. The summed E-state index contributed by atoms with van der Waals surface area (Å²) in [5.74, 6) is 0.491. The Bertz CT molecular complexity index is 755. The van der Waals surface area contributed by atoms with Crippen molar-refractivity contribution in [3.63, 3.8) is 0 Å². The molecule has 8 nitrogen and oxygen atoms in total. The van der Waals surface area contributed by atoms with Gasteiger partial charge in [-0.25, -0.2) is 13.1 Å². The fraction of sp³-hybridized carbons (Fsp3) is 0.667. The van der Waals surface area contributed by atoms with Crippen molar-refractivity contribution < 1.29 is 13.3 Å². The highest BCUT2D eigenvalue weighted by Gasteiger charge is 2.26. The third-order valence-electron chi connectivity index (χ3n) is 3.92. The number of likely N-dealkylation sites (N-methyl/N-ethyl adjacent to an activating group) is 1. The Morgan fingerprint density at radius 3 is 2.26 bits per heavy atom. The fourth-order valence-corrected chi connectivity index (χ4v) is 4.13. The standard InChI is InChI=1S/C18H32N4O4S/c1-13(2)10-14(21(6)7)12-19-16-9-8-15(11-17(16)22(23)24)27(25,26)20-18(3,4)5/h8-9,11,13-14,19-20H,10,12H2,1-7H3. The molecule has 1 aromatic rings. The van der Waals surface area contributed by atoms with E-state index in [-0.39, 0.29) is 16.6 Å². The van der Waals surface area contributed by atoms with Gasteiger partial charge in [0.05, 0.1) is 9.82 Å². The Hall–Kier alpha value is -1.71. The molecule has 1 aromatic carbocycles. The first-order valence-electron chi connectivity index (χ1n) is 8.95. The number of anilines is 1. The van der Waals surface area contributed by atoms with E-state index in [1.807, 2.05) is 14.1 Å². The van der Waals surface area contributed by atoms with Crippen LogP contribution in [-0.4, -0.2) is 50.5 Å². The Labute approximate surface area is 162 Å². The number of hydrogen-bond acceptors (Lipinski definition) is 6. The van der Waals surface area contributed by atoms with Crippen molar-refractivity contribution >= 4 is 21.4 Å². The van der Waals surface area contributed by atoms with Gasteiger partial charge in [0.2, 0.25) is 10.0 Å². The summed E-state index contributed by atoms with van der Waals surface area (Å²) in [6.07, 6.45) is 0.940. The van der Waals surface area contributed by atoms with E-state index in [0.717, 1.165) is 12.5 Å². The number of nitrogens with one attached hydrogen (secondary N) is 2. The largest absolute Gasteiger partial charge is 0.378 e. The van der Waals surface area contributed by atoms with E-state index in [4.69, 9.17) is 0 Å². The molecule has 1 atom stereocenters. The Kier molecular flexibility index (Phi) is 7.76. The molecule has 1 rings (SSSR count). The van der Waals surface area contributed by atoms with Crippen LogP contribution in [0.5, 0.6) is 0 Å². The molecule has 1 unspecified atom stereocenters. The quantitative estimate of drug-likeness (QED) is 0.488. The minimum atomic E-state index is -3.84. The summed E-state index contributed by atoms with van der Waals surface area (Å²) in [7, 11) is 0.0966. The third-order valence-corrected chi connectivity index (χ3v) is 5.67. The minimum Gasteiger partial charge on any atom is -0.378 e. The number of benzene rings is 1. The molecule has 0 spiro atoms. The molecule has 154 valence electrons. The van der Waals surface area contributed by atoms with Crippen molar-refractivity contribution in [1.82, 2.24) is 9.62 Å². The lowest BCUT2D eigenvalue weighted by molar-refractivity contribution is -0.384. The second-order valence-corrected chi connectivity index (χ2v) is 10.1. The minimum absolute atomic E-state index is 0.124. The summed E-state index contributed by atoms with van der Waals surface area (Å²) < 4.78 is 27.4. The van der Waals surface area contributed by atoms with Gasteiger partial charge in [0, 0.05) is 24.2 Å². The summed E-state index contributed by atoms with van der Waals surface area (Å²) >= 11 is 0. The molecule has 0 fully saturated rings. The number of nitro benzene ring substituents is 1. The molecule has 0 saturated heterocycles. The van der Waals surface area contributed by atoms with Crippen molar-refractivity contribution in [2.24, 2.45) is 5.92 Å². The van der Waals surface area contributed by atoms with Gasteiger partial charge in [0.1, 0.15) is 5.69 Å². The van der Waals surface area contributed by atoms with Gasteiger partial charge >= 0.3 is 0 Å². The average molecular weight is 401 g/mol. The van der Waals surface area contributed by atoms with Crippen LogP contribution in [0.4, 0.5) is 11.4 Å². The van der Waals surface area contributed by atoms with E-state index in [1.165, 1.54) is 12.1 Å². The Balaban J connectivity index is 3.12. The zero-order chi connectivity index (χ0) is 21.0. The lowest BCUT2D eigenvalue weighted by Crippen LogP contribution is -2.40. The van der Waals surface area contributed by atoms with Crippen molar-refractivity contribution in [2.75, 3.05) is 26.0 Å². The molecule has 0 aliphatic heterocycles. The van der Waals surface area contributed by atoms with E-state index < -0.39 is 20.5 Å². The van der Waals surface area contributed by atoms with Gasteiger partial charge in [-0.2, -0.15) is 0 Å². The van der Waals surface area contributed by atoms with E-state index in [0.29, 0.717) is 18.2 Å². The van der Waals surface area contributed by atoms with E-state index in [2.05, 4.69) is 28.8 Å². The maximum atomic E-state index is 12.4. The normalized spacial score (nSPS) is 13.8. The zero-order valence-corrected chi connectivity index (χ0v) is 18.1. The number of nitro groups is 1. The maximum absolute atomic E-state index is 12.4. The lowest BCUT2D eigenvalue weighted by Gasteiger charge is -2.26. The summed E-state index contributed by atoms with van der Waals surface area (Å²) in [5.41, 5.74) is -0.625. The van der Waals surface area contributed by atoms with Crippen LogP contribution in [0.1, 0.15) is 41.0 Å². The predicted molar refractivity (Wildman–Crippen MR) is 109 cm³/mol. The van der Waals surface area contributed by atoms with Crippen molar-refractivity contribution in [2.45, 2.75) is 57.5 Å². The summed E-state index contributed by atoms with van der Waals surface area (Å²) in [4.78, 5) is 12.9. The third kappa shape index (κ3) is 7.43. The molecule has 0 heterocycles. The molecule has 0 amide bonds. The number of sulfonamides is 1. The van der Waals surface area contributed by atoms with E-state index in [1.54, 1.807) is 20.8 Å². The van der Waals surface area contributed by atoms with Crippen LogP contribution in [0, 0.1) is 16.0 Å². The van der Waals surface area contributed by atoms with Crippen molar-refractivity contribution in [3.05, 3.63) is 28.3 Å². The highest BCUT2D eigenvalue weighted by molar-refractivity contribution is 7.89. The smallest absolute Gasteiger partial charge is 0.293 e. The van der Waals surface area contributed by atoms with Crippen LogP contribution >= 0.6 is 0 Å². The summed E-state index contributed by atoms with van der Waals surface area (Å²) in [5, 5.41) is 14.6. The van der Waals surface area contributed by atoms with E-state index in [9.17, 15) is 18.5 Å². The van der Waals surface area contributed by atoms with Gasteiger partial charge in [-0.1, -0.05) is 13.8 Å². The zero-order valence-electron chi connectivity index (χ0n) is 17.2. The lowest BCUT2D eigenvalue weighted by atomic mass is 10.0. The first-order chi connectivity index (χ1) is 12.2. The second kappa shape index (κ2) is 8.99. The number of rotatable bonds is 9. The molecular weight excluding hydrogens is 368 g/mol. The molecule has 0 aliphatic rings. The first kappa shape index (κ1) is 23.3. The van der Waals surface area contributed by atoms with Gasteiger partial charge in [-0.3, -0.25) is 10.1 Å².